The van der Waals surface area contributed by atoms with Crippen molar-refractivity contribution >= 4 is 29.4 Å². The first-order valence-corrected chi connectivity index (χ1v) is 6.39. The number of thioether (sulfide) groups is 1. The summed E-state index contributed by atoms with van der Waals surface area (Å²) in [5.74, 6) is -1.25. The molecule has 0 aliphatic carbocycles. The lowest BCUT2D eigenvalue weighted by Crippen LogP contribution is -2.30. The minimum absolute atomic E-state index is 0.0494. The molecule has 0 aromatic heterocycles. The van der Waals surface area contributed by atoms with Crippen LogP contribution < -0.4 is 5.32 Å². The molecular weight excluding hydrogens is 254 g/mol. The molecule has 96 valence electrons. The maximum atomic E-state index is 11.6. The van der Waals surface area contributed by atoms with E-state index in [4.69, 9.17) is 5.11 Å². The second-order valence-electron chi connectivity index (χ2n) is 3.45. The highest BCUT2D eigenvalue weighted by Crippen LogP contribution is 2.06. The Bertz CT molecular complexity index is 433. The van der Waals surface area contributed by atoms with E-state index in [9.17, 15) is 14.4 Å². The van der Waals surface area contributed by atoms with Gasteiger partial charge < -0.3 is 10.4 Å². The van der Waals surface area contributed by atoms with E-state index in [-0.39, 0.29) is 23.2 Å². The fourth-order valence-electron chi connectivity index (χ4n) is 1.17. The number of rotatable bonds is 7. The Morgan fingerprint density at radius 3 is 2.39 bits per heavy atom. The maximum Gasteiger partial charge on any atom is 0.322 e. The number of aliphatic carboxylic acids is 1. The summed E-state index contributed by atoms with van der Waals surface area (Å²) < 4.78 is 0. The number of amides is 1. The smallest absolute Gasteiger partial charge is 0.322 e. The molecule has 0 bridgehead atoms. The summed E-state index contributed by atoms with van der Waals surface area (Å²) in [6, 6.07) is 8.80. The molecule has 0 aliphatic heterocycles. The van der Waals surface area contributed by atoms with Crippen LogP contribution in [0.1, 0.15) is 10.4 Å². The number of carboxylic acid groups (broad SMARTS) is 1. The largest absolute Gasteiger partial charge is 0.480 e. The molecule has 0 unspecified atom stereocenters. The van der Waals surface area contributed by atoms with Crippen molar-refractivity contribution < 1.29 is 19.5 Å². The van der Waals surface area contributed by atoms with Gasteiger partial charge in [-0.25, -0.2) is 0 Å². The zero-order valence-electron chi connectivity index (χ0n) is 9.59. The summed E-state index contributed by atoms with van der Waals surface area (Å²) in [7, 11) is 0. The standard InChI is InChI=1S/C12H13NO4S/c14-10(9-4-2-1-3-5-9)7-18-8-11(15)13-6-12(16)17/h1-5H,6-8H2,(H,13,15)(H,16,17). The van der Waals surface area contributed by atoms with Gasteiger partial charge in [0.25, 0.3) is 0 Å². The molecule has 5 nitrogen and oxygen atoms in total. The quantitative estimate of drug-likeness (QED) is 0.714. The van der Waals surface area contributed by atoms with Crippen molar-refractivity contribution in [3.05, 3.63) is 35.9 Å². The molecule has 0 aliphatic rings. The van der Waals surface area contributed by atoms with Crippen LogP contribution in [0.3, 0.4) is 0 Å². The van der Waals surface area contributed by atoms with E-state index in [0.717, 1.165) is 11.8 Å². The molecule has 1 amide bonds. The fraction of sp³-hybridized carbons (Fsp3) is 0.250. The van der Waals surface area contributed by atoms with E-state index >= 15 is 0 Å². The van der Waals surface area contributed by atoms with E-state index in [0.29, 0.717) is 5.56 Å². The van der Waals surface area contributed by atoms with Gasteiger partial charge in [0.2, 0.25) is 5.91 Å². The molecule has 1 rings (SSSR count). The predicted molar refractivity (Wildman–Crippen MR) is 68.7 cm³/mol. The van der Waals surface area contributed by atoms with Crippen LogP contribution in [0.4, 0.5) is 0 Å². The number of carbonyl (C=O) groups excluding carboxylic acids is 2. The average Bonchev–Trinajstić information content (AvgIpc) is 2.37. The van der Waals surface area contributed by atoms with E-state index in [2.05, 4.69) is 5.32 Å². The summed E-state index contributed by atoms with van der Waals surface area (Å²) in [5, 5.41) is 10.6. The van der Waals surface area contributed by atoms with Crippen LogP contribution in [-0.2, 0) is 9.59 Å². The van der Waals surface area contributed by atoms with Crippen molar-refractivity contribution in [1.82, 2.24) is 5.32 Å². The van der Waals surface area contributed by atoms with Crippen molar-refractivity contribution in [3.8, 4) is 0 Å². The van der Waals surface area contributed by atoms with Crippen molar-refractivity contribution in [2.75, 3.05) is 18.1 Å². The number of carboxylic acids is 1. The van der Waals surface area contributed by atoms with Gasteiger partial charge >= 0.3 is 5.97 Å². The highest BCUT2D eigenvalue weighted by Gasteiger charge is 2.08. The Morgan fingerprint density at radius 1 is 1.11 bits per heavy atom. The van der Waals surface area contributed by atoms with Gasteiger partial charge in [0.15, 0.2) is 5.78 Å². The van der Waals surface area contributed by atoms with E-state index in [1.54, 1.807) is 24.3 Å². The predicted octanol–water partition coefficient (Wildman–Crippen LogP) is 0.803. The van der Waals surface area contributed by atoms with Crippen molar-refractivity contribution in [1.29, 1.82) is 0 Å². The highest BCUT2D eigenvalue weighted by atomic mass is 32.2. The number of carbonyl (C=O) groups is 3. The van der Waals surface area contributed by atoms with Gasteiger partial charge in [-0.3, -0.25) is 14.4 Å². The molecule has 0 radical (unpaired) electrons. The molecule has 0 heterocycles. The Morgan fingerprint density at radius 2 is 1.78 bits per heavy atom. The minimum atomic E-state index is -1.09. The first-order chi connectivity index (χ1) is 8.59. The number of benzene rings is 1. The second-order valence-corrected chi connectivity index (χ2v) is 4.44. The van der Waals surface area contributed by atoms with Crippen LogP contribution in [0.5, 0.6) is 0 Å². The number of hydrogen-bond donors (Lipinski definition) is 2. The van der Waals surface area contributed by atoms with Gasteiger partial charge in [0.1, 0.15) is 6.54 Å². The lowest BCUT2D eigenvalue weighted by molar-refractivity contribution is -0.137. The lowest BCUT2D eigenvalue weighted by atomic mass is 10.2. The third-order valence-electron chi connectivity index (χ3n) is 2.00. The third-order valence-corrected chi connectivity index (χ3v) is 2.93. The summed E-state index contributed by atoms with van der Waals surface area (Å²) >= 11 is 1.16. The zero-order valence-corrected chi connectivity index (χ0v) is 10.4. The summed E-state index contributed by atoms with van der Waals surface area (Å²) in [6.07, 6.45) is 0. The van der Waals surface area contributed by atoms with Crippen LogP contribution in [0.2, 0.25) is 0 Å². The van der Waals surface area contributed by atoms with E-state index in [1.165, 1.54) is 0 Å². The molecule has 0 atom stereocenters. The molecule has 0 fully saturated rings. The highest BCUT2D eigenvalue weighted by molar-refractivity contribution is 8.00. The molecule has 6 heteroatoms. The first-order valence-electron chi connectivity index (χ1n) is 5.24. The first kappa shape index (κ1) is 14.2. The Balaban J connectivity index is 2.24. The fourth-order valence-corrected chi connectivity index (χ4v) is 1.91. The molecule has 18 heavy (non-hydrogen) atoms. The van der Waals surface area contributed by atoms with Gasteiger partial charge in [-0.15, -0.1) is 11.8 Å². The maximum absolute atomic E-state index is 11.6. The SMILES string of the molecule is O=C(O)CNC(=O)CSCC(=O)c1ccccc1. The molecule has 1 aromatic rings. The van der Waals surface area contributed by atoms with Crippen LogP contribution in [0.15, 0.2) is 30.3 Å². The van der Waals surface area contributed by atoms with Crippen LogP contribution >= 0.6 is 11.8 Å². The minimum Gasteiger partial charge on any atom is -0.480 e. The zero-order chi connectivity index (χ0) is 13.4. The van der Waals surface area contributed by atoms with Crippen LogP contribution in [0, 0.1) is 0 Å². The Labute approximate surface area is 109 Å². The topological polar surface area (TPSA) is 83.5 Å². The number of ketones is 1. The molecular formula is C12H13NO4S. The van der Waals surface area contributed by atoms with Gasteiger partial charge in [0, 0.05) is 5.56 Å². The van der Waals surface area contributed by atoms with Crippen LogP contribution in [-0.4, -0.2) is 40.8 Å². The Hall–Kier alpha value is -1.82. The van der Waals surface area contributed by atoms with Crippen molar-refractivity contribution in [3.63, 3.8) is 0 Å². The monoisotopic (exact) mass is 267 g/mol. The summed E-state index contributed by atoms with van der Waals surface area (Å²) in [4.78, 5) is 33.0. The van der Waals surface area contributed by atoms with Gasteiger partial charge in [-0.2, -0.15) is 0 Å². The lowest BCUT2D eigenvalue weighted by Gasteiger charge is -2.02. The molecule has 0 saturated heterocycles. The van der Waals surface area contributed by atoms with Crippen molar-refractivity contribution in [2.24, 2.45) is 0 Å². The van der Waals surface area contributed by atoms with Gasteiger partial charge in [-0.1, -0.05) is 30.3 Å². The van der Waals surface area contributed by atoms with Crippen molar-refractivity contribution in [2.45, 2.75) is 0 Å². The second kappa shape index (κ2) is 7.50. The molecule has 2 N–H and O–H groups in total. The average molecular weight is 267 g/mol. The number of nitrogens with one attached hydrogen (secondary N) is 1. The molecule has 1 aromatic carbocycles. The van der Waals surface area contributed by atoms with E-state index in [1.807, 2.05) is 6.07 Å². The number of hydrogen-bond acceptors (Lipinski definition) is 4. The third kappa shape index (κ3) is 5.49. The normalized spacial score (nSPS) is 9.78. The Kier molecular flexibility index (Phi) is 5.93. The number of Topliss-reactive ketones (excluding diaryl/α,β-unsaturated/α-hetero) is 1. The molecule has 0 spiro atoms. The van der Waals surface area contributed by atoms with Gasteiger partial charge in [-0.05, 0) is 0 Å². The van der Waals surface area contributed by atoms with Gasteiger partial charge in [0.05, 0.1) is 11.5 Å². The summed E-state index contributed by atoms with van der Waals surface area (Å²) in [6.45, 7) is -0.397. The molecule has 0 saturated carbocycles. The summed E-state index contributed by atoms with van der Waals surface area (Å²) in [5.41, 5.74) is 0.607. The van der Waals surface area contributed by atoms with E-state index < -0.39 is 12.5 Å². The van der Waals surface area contributed by atoms with Crippen LogP contribution in [0.25, 0.3) is 0 Å².